The third-order valence-corrected chi connectivity index (χ3v) is 11.3. The van der Waals surface area contributed by atoms with Crippen molar-refractivity contribution in [3.63, 3.8) is 0 Å². The van der Waals surface area contributed by atoms with Crippen LogP contribution in [0, 0.1) is 5.92 Å². The molecule has 21 nitrogen and oxygen atoms in total. The van der Waals surface area contributed by atoms with E-state index in [-0.39, 0.29) is 50.3 Å². The number of phenolic OH excluding ortho intramolecular Hbond substituents is 1. The number of aliphatic carboxylic acids is 1. The zero-order chi connectivity index (χ0) is 45.5. The van der Waals surface area contributed by atoms with E-state index >= 15 is 0 Å². The number of amides is 8. The third kappa shape index (κ3) is 10.7. The first-order valence-electron chi connectivity index (χ1n) is 20.6. The number of benzene rings is 2. The fraction of sp³-hybridized carbons (Fsp3) is 0.452. The van der Waals surface area contributed by atoms with Crippen LogP contribution in [-0.2, 0) is 56.0 Å². The lowest BCUT2D eigenvalue weighted by Crippen LogP contribution is -2.58. The first-order valence-corrected chi connectivity index (χ1v) is 20.6. The summed E-state index contributed by atoms with van der Waals surface area (Å²) in [7, 11) is 0. The summed E-state index contributed by atoms with van der Waals surface area (Å²) in [6.45, 7) is 1.92. The highest BCUT2D eigenvalue weighted by atomic mass is 16.4. The largest absolute Gasteiger partial charge is 0.508 e. The van der Waals surface area contributed by atoms with Gasteiger partial charge in [0.2, 0.25) is 41.4 Å². The summed E-state index contributed by atoms with van der Waals surface area (Å²) in [5.41, 5.74) is 1.13. The number of carboxylic acids is 1. The Morgan fingerprint density at radius 1 is 0.857 bits per heavy atom. The number of likely N-dealkylation sites (tertiary alicyclic amines) is 1. The van der Waals surface area contributed by atoms with Crippen molar-refractivity contribution in [2.75, 3.05) is 19.7 Å². The standard InChI is InChI=1S/C42H51N9O12/c1-21(2)34-39(59)43-18-33(55)45-29(20-52)37(57)47-28(42(62)63)17-23-19-51(30-7-4-3-6-25(23)30)35(40(60)48-34)49-36(56)27(16-22-9-11-24(53)12-10-22)46-38(58)31-8-5-15-50(31)41(61)26-13-14-32(54)44-26/h3-4,6-7,9-12,19,21,26-29,31,34-35,52-53H,5,8,13-18,20H2,1-2H3,(H,43,59)(H,44,54)(H,45,55)(H,46,58)(H,47,57)(H,48,60)(H,49,56)(H,62,63). The van der Waals surface area contributed by atoms with Gasteiger partial charge in [-0.3, -0.25) is 38.4 Å². The Kier molecular flexibility index (Phi) is 14.3. The Morgan fingerprint density at radius 3 is 2.25 bits per heavy atom. The van der Waals surface area contributed by atoms with Crippen LogP contribution < -0.4 is 37.2 Å². The molecule has 7 atom stereocenters. The number of fused-ring (bicyclic) bond motifs is 5. The molecule has 6 rings (SSSR count). The number of nitrogens with zero attached hydrogens (tertiary/aromatic N) is 2. The van der Waals surface area contributed by atoms with Crippen LogP contribution in [0.5, 0.6) is 5.75 Å². The number of aromatic hydroxyl groups is 1. The number of carbonyl (C=O) groups is 9. The van der Waals surface area contributed by atoms with Crippen LogP contribution in [0.25, 0.3) is 10.9 Å². The number of carbonyl (C=O) groups excluding carboxylic acids is 8. The van der Waals surface area contributed by atoms with Crippen LogP contribution >= 0.6 is 0 Å². The molecule has 2 fully saturated rings. The number of aliphatic hydroxyl groups is 1. The van der Waals surface area contributed by atoms with Crippen LogP contribution in [0.15, 0.2) is 54.7 Å². The fourth-order valence-electron chi connectivity index (χ4n) is 7.97. The lowest BCUT2D eigenvalue weighted by molar-refractivity contribution is -0.142. The zero-order valence-electron chi connectivity index (χ0n) is 34.6. The summed E-state index contributed by atoms with van der Waals surface area (Å²) in [5.74, 6) is -7.98. The second-order valence-electron chi connectivity index (χ2n) is 16.1. The molecule has 0 saturated carbocycles. The Bertz CT molecular complexity index is 2280. The monoisotopic (exact) mass is 873 g/mol. The summed E-state index contributed by atoms with van der Waals surface area (Å²) in [6.07, 6.45) is 0.415. The van der Waals surface area contributed by atoms with E-state index in [1.54, 1.807) is 38.1 Å². The summed E-state index contributed by atoms with van der Waals surface area (Å²) in [5, 5.41) is 48.3. The van der Waals surface area contributed by atoms with E-state index in [1.165, 1.54) is 39.9 Å². The van der Waals surface area contributed by atoms with E-state index in [0.717, 1.165) is 0 Å². The van der Waals surface area contributed by atoms with Gasteiger partial charge in [-0.25, -0.2) is 4.79 Å². The first kappa shape index (κ1) is 45.5. The SMILES string of the molecule is CC(C)C1NC(=O)C(NC(=O)C(Cc2ccc(O)cc2)NC(=O)C2CCCN2C(=O)C2CCC(=O)N2)n2cc(c3ccccc32)CC(C(=O)O)NC(=O)C(CO)NC(=O)CNC1=O. The molecule has 3 aliphatic heterocycles. The van der Waals surface area contributed by atoms with Gasteiger partial charge < -0.3 is 62.0 Å². The van der Waals surface area contributed by atoms with Crippen molar-refractivity contribution >= 4 is 64.1 Å². The molecule has 3 aromatic rings. The van der Waals surface area contributed by atoms with Gasteiger partial charge in [0.05, 0.1) is 18.7 Å². The van der Waals surface area contributed by atoms with E-state index in [4.69, 9.17) is 0 Å². The van der Waals surface area contributed by atoms with Crippen LogP contribution in [0.1, 0.15) is 56.8 Å². The molecule has 2 bridgehead atoms. The van der Waals surface area contributed by atoms with E-state index < -0.39 is 109 Å². The lowest BCUT2D eigenvalue weighted by atomic mass is 10.0. The maximum absolute atomic E-state index is 14.7. The van der Waals surface area contributed by atoms with Crippen molar-refractivity contribution < 1.29 is 58.5 Å². The molecule has 4 heterocycles. The molecule has 8 amide bonds. The molecule has 63 heavy (non-hydrogen) atoms. The second-order valence-corrected chi connectivity index (χ2v) is 16.1. The van der Waals surface area contributed by atoms with E-state index in [1.807, 2.05) is 0 Å². The molecule has 21 heteroatoms. The quantitative estimate of drug-likeness (QED) is 0.104. The summed E-state index contributed by atoms with van der Waals surface area (Å²) < 4.78 is 1.36. The molecule has 336 valence electrons. The number of para-hydroxylation sites is 1. The van der Waals surface area contributed by atoms with Gasteiger partial charge in [-0.15, -0.1) is 0 Å². The van der Waals surface area contributed by atoms with Gasteiger partial charge in [0.15, 0.2) is 6.17 Å². The van der Waals surface area contributed by atoms with Gasteiger partial charge in [0.1, 0.15) is 42.0 Å². The molecular formula is C42H51N9O12. The van der Waals surface area contributed by atoms with Crippen molar-refractivity contribution in [2.24, 2.45) is 5.92 Å². The average molecular weight is 874 g/mol. The Morgan fingerprint density at radius 2 is 1.59 bits per heavy atom. The molecule has 3 aliphatic rings. The van der Waals surface area contributed by atoms with Crippen LogP contribution in [0.2, 0.25) is 0 Å². The molecule has 0 radical (unpaired) electrons. The molecule has 7 unspecified atom stereocenters. The Balaban J connectivity index is 1.39. The molecule has 2 saturated heterocycles. The third-order valence-electron chi connectivity index (χ3n) is 11.3. The van der Waals surface area contributed by atoms with Crippen molar-refractivity contribution in [3.05, 3.63) is 65.9 Å². The van der Waals surface area contributed by atoms with Crippen molar-refractivity contribution in [2.45, 2.75) is 94.8 Å². The number of hydrogen-bond donors (Lipinski definition) is 10. The normalized spacial score (nSPS) is 24.1. The predicted octanol–water partition coefficient (Wildman–Crippen LogP) is -2.18. The highest BCUT2D eigenvalue weighted by Gasteiger charge is 2.41. The molecule has 10 N–H and O–H groups in total. The number of aliphatic hydroxyl groups excluding tert-OH is 1. The van der Waals surface area contributed by atoms with Gasteiger partial charge in [0, 0.05) is 37.4 Å². The van der Waals surface area contributed by atoms with Crippen LogP contribution in [-0.4, -0.2) is 134 Å². The van der Waals surface area contributed by atoms with Crippen molar-refractivity contribution in [3.8, 4) is 5.75 Å². The number of rotatable bonds is 10. The smallest absolute Gasteiger partial charge is 0.326 e. The van der Waals surface area contributed by atoms with Crippen LogP contribution in [0.3, 0.4) is 0 Å². The van der Waals surface area contributed by atoms with Crippen molar-refractivity contribution in [1.29, 1.82) is 0 Å². The molecular weight excluding hydrogens is 823 g/mol. The molecule has 0 aliphatic carbocycles. The minimum absolute atomic E-state index is 0.0566. The number of nitrogens with one attached hydrogen (secondary N) is 7. The Hall–Kier alpha value is -7.03. The predicted molar refractivity (Wildman–Crippen MR) is 221 cm³/mol. The molecule has 0 spiro atoms. The maximum Gasteiger partial charge on any atom is 0.326 e. The highest BCUT2D eigenvalue weighted by Crippen LogP contribution is 2.27. The topological polar surface area (TPSA) is 307 Å². The number of phenols is 1. The number of carboxylic acid groups (broad SMARTS) is 1. The fourth-order valence-corrected chi connectivity index (χ4v) is 7.97. The Labute approximate surface area is 360 Å². The van der Waals surface area contributed by atoms with E-state index in [9.17, 15) is 58.5 Å². The summed E-state index contributed by atoms with van der Waals surface area (Å²) in [4.78, 5) is 122. The maximum atomic E-state index is 14.7. The summed E-state index contributed by atoms with van der Waals surface area (Å²) in [6, 6.07) is 4.74. The van der Waals surface area contributed by atoms with Crippen LogP contribution in [0.4, 0.5) is 0 Å². The lowest BCUT2D eigenvalue weighted by Gasteiger charge is -2.30. The van der Waals surface area contributed by atoms with Gasteiger partial charge in [-0.05, 0) is 54.5 Å². The van der Waals surface area contributed by atoms with Gasteiger partial charge >= 0.3 is 5.97 Å². The zero-order valence-corrected chi connectivity index (χ0v) is 34.6. The first-order chi connectivity index (χ1) is 30.0. The van der Waals surface area contributed by atoms with Gasteiger partial charge in [-0.2, -0.15) is 0 Å². The van der Waals surface area contributed by atoms with E-state index in [2.05, 4.69) is 37.2 Å². The second kappa shape index (κ2) is 19.8. The van der Waals surface area contributed by atoms with Gasteiger partial charge in [-0.1, -0.05) is 44.2 Å². The number of hydrogen-bond acceptors (Lipinski definition) is 11. The molecule has 2 aromatic carbocycles. The molecule has 1 aromatic heterocycles. The number of aromatic nitrogens is 1. The van der Waals surface area contributed by atoms with Crippen molar-refractivity contribution in [1.82, 2.24) is 46.7 Å². The minimum atomic E-state index is -1.68. The highest BCUT2D eigenvalue weighted by molar-refractivity contribution is 5.99. The average Bonchev–Trinajstić information content (AvgIpc) is 4.01. The van der Waals surface area contributed by atoms with E-state index in [0.29, 0.717) is 28.5 Å². The minimum Gasteiger partial charge on any atom is -0.508 e. The van der Waals surface area contributed by atoms with Gasteiger partial charge in [0.25, 0.3) is 5.91 Å². The summed E-state index contributed by atoms with van der Waals surface area (Å²) >= 11 is 0.